The summed E-state index contributed by atoms with van der Waals surface area (Å²) in [5, 5.41) is 3.60. The summed E-state index contributed by atoms with van der Waals surface area (Å²) in [6, 6.07) is 9.02. The summed E-state index contributed by atoms with van der Waals surface area (Å²) in [4.78, 5) is 0. The summed E-state index contributed by atoms with van der Waals surface area (Å²) in [6.45, 7) is 6.22. The molecule has 0 radical (unpaired) electrons. The Morgan fingerprint density at radius 3 is 2.65 bits per heavy atom. The van der Waals surface area contributed by atoms with Gasteiger partial charge in [0.25, 0.3) is 0 Å². The minimum atomic E-state index is 0.350. The van der Waals surface area contributed by atoms with Gasteiger partial charge in [-0.3, -0.25) is 0 Å². The van der Waals surface area contributed by atoms with Crippen LogP contribution >= 0.6 is 15.9 Å². The Morgan fingerprint density at radius 1 is 1.41 bits per heavy atom. The normalized spacial score (nSPS) is 26.1. The first kappa shape index (κ1) is 13.1. The Bertz CT molecular complexity index is 352. The largest absolute Gasteiger partial charge is 0.378 e. The maximum Gasteiger partial charge on any atom is 0.0594 e. The van der Waals surface area contributed by atoms with Crippen molar-refractivity contribution < 1.29 is 4.74 Å². The molecular weight excluding hydrogens is 278 g/mol. The summed E-state index contributed by atoms with van der Waals surface area (Å²) < 4.78 is 6.82. The van der Waals surface area contributed by atoms with Crippen LogP contribution in [-0.4, -0.2) is 19.3 Å². The second-order valence-electron chi connectivity index (χ2n) is 4.62. The second-order valence-corrected chi connectivity index (χ2v) is 5.53. The predicted octanol–water partition coefficient (Wildman–Crippen LogP) is 3.52. The highest BCUT2D eigenvalue weighted by Crippen LogP contribution is 2.33. The molecule has 3 unspecified atom stereocenters. The van der Waals surface area contributed by atoms with Crippen LogP contribution in [0.25, 0.3) is 0 Å². The van der Waals surface area contributed by atoms with E-state index in [0.717, 1.165) is 24.0 Å². The second kappa shape index (κ2) is 5.98. The minimum absolute atomic E-state index is 0.350. The van der Waals surface area contributed by atoms with Crippen LogP contribution in [0.15, 0.2) is 28.7 Å². The van der Waals surface area contributed by atoms with E-state index in [2.05, 4.69) is 59.4 Å². The number of benzene rings is 1. The summed E-state index contributed by atoms with van der Waals surface area (Å²) in [7, 11) is 0. The Kier molecular flexibility index (Phi) is 4.60. The standard InChI is InChI=1S/C14H20BrNO/c1-3-16-14(13-8-9-17-10(13)2)11-4-6-12(15)7-5-11/h4-7,10,13-14,16H,3,8-9H2,1-2H3. The Morgan fingerprint density at radius 2 is 2.12 bits per heavy atom. The molecule has 3 atom stereocenters. The van der Waals surface area contributed by atoms with Gasteiger partial charge in [-0.15, -0.1) is 0 Å². The fourth-order valence-corrected chi connectivity index (χ4v) is 2.86. The summed E-state index contributed by atoms with van der Waals surface area (Å²) in [5.74, 6) is 0.580. The zero-order valence-corrected chi connectivity index (χ0v) is 12.0. The van der Waals surface area contributed by atoms with Crippen LogP contribution in [0.4, 0.5) is 0 Å². The molecule has 1 aliphatic rings. The SMILES string of the molecule is CCNC(c1ccc(Br)cc1)C1CCOC1C. The van der Waals surface area contributed by atoms with Crippen molar-refractivity contribution in [2.75, 3.05) is 13.2 Å². The molecule has 0 saturated carbocycles. The first-order chi connectivity index (χ1) is 8.22. The van der Waals surface area contributed by atoms with Crippen LogP contribution in [0, 0.1) is 5.92 Å². The van der Waals surface area contributed by atoms with Gasteiger partial charge in [-0.1, -0.05) is 35.0 Å². The smallest absolute Gasteiger partial charge is 0.0594 e. The van der Waals surface area contributed by atoms with Crippen LogP contribution in [0.5, 0.6) is 0 Å². The summed E-state index contributed by atoms with van der Waals surface area (Å²) >= 11 is 3.48. The van der Waals surface area contributed by atoms with E-state index in [1.807, 2.05) is 0 Å². The highest BCUT2D eigenvalue weighted by molar-refractivity contribution is 9.10. The van der Waals surface area contributed by atoms with Crippen molar-refractivity contribution in [2.24, 2.45) is 5.92 Å². The highest BCUT2D eigenvalue weighted by Gasteiger charge is 2.32. The van der Waals surface area contributed by atoms with Gasteiger partial charge in [0, 0.05) is 23.0 Å². The van der Waals surface area contributed by atoms with Crippen LogP contribution in [0.3, 0.4) is 0 Å². The predicted molar refractivity (Wildman–Crippen MR) is 74.1 cm³/mol. The maximum absolute atomic E-state index is 5.69. The molecule has 1 N–H and O–H groups in total. The zero-order chi connectivity index (χ0) is 12.3. The number of halogens is 1. The van der Waals surface area contributed by atoms with Gasteiger partial charge in [0.15, 0.2) is 0 Å². The third-order valence-corrected chi connectivity index (χ3v) is 4.04. The number of hydrogen-bond donors (Lipinski definition) is 1. The summed E-state index contributed by atoms with van der Waals surface area (Å²) in [6.07, 6.45) is 1.50. The fourth-order valence-electron chi connectivity index (χ4n) is 2.59. The van der Waals surface area contributed by atoms with E-state index in [1.54, 1.807) is 0 Å². The number of hydrogen-bond acceptors (Lipinski definition) is 2. The Hall–Kier alpha value is -0.380. The lowest BCUT2D eigenvalue weighted by Crippen LogP contribution is -2.31. The van der Waals surface area contributed by atoms with E-state index in [1.165, 1.54) is 5.56 Å². The van der Waals surface area contributed by atoms with Crippen molar-refractivity contribution in [3.05, 3.63) is 34.3 Å². The summed E-state index contributed by atoms with van der Waals surface area (Å²) in [5.41, 5.74) is 1.36. The van der Waals surface area contributed by atoms with Gasteiger partial charge in [-0.05, 0) is 37.6 Å². The van der Waals surface area contributed by atoms with Gasteiger partial charge in [0.05, 0.1) is 6.10 Å². The first-order valence-electron chi connectivity index (χ1n) is 6.33. The Labute approximate surface area is 112 Å². The maximum atomic E-state index is 5.69. The van der Waals surface area contributed by atoms with Crippen molar-refractivity contribution >= 4 is 15.9 Å². The molecule has 1 fully saturated rings. The van der Waals surface area contributed by atoms with Gasteiger partial charge in [-0.25, -0.2) is 0 Å². The zero-order valence-electron chi connectivity index (χ0n) is 10.4. The van der Waals surface area contributed by atoms with Crippen molar-refractivity contribution in [3.63, 3.8) is 0 Å². The molecule has 94 valence electrons. The average Bonchev–Trinajstić information content (AvgIpc) is 2.74. The molecule has 1 aliphatic heterocycles. The molecule has 1 saturated heterocycles. The number of nitrogens with one attached hydrogen (secondary N) is 1. The third-order valence-electron chi connectivity index (χ3n) is 3.52. The highest BCUT2D eigenvalue weighted by atomic mass is 79.9. The van der Waals surface area contributed by atoms with E-state index in [9.17, 15) is 0 Å². The van der Waals surface area contributed by atoms with Crippen molar-refractivity contribution in [3.8, 4) is 0 Å². The topological polar surface area (TPSA) is 21.3 Å². The van der Waals surface area contributed by atoms with E-state index in [0.29, 0.717) is 18.1 Å². The van der Waals surface area contributed by atoms with Crippen LogP contribution in [0.2, 0.25) is 0 Å². The lowest BCUT2D eigenvalue weighted by atomic mass is 9.88. The van der Waals surface area contributed by atoms with Gasteiger partial charge in [0.2, 0.25) is 0 Å². The van der Waals surface area contributed by atoms with E-state index in [4.69, 9.17) is 4.74 Å². The number of rotatable bonds is 4. The lowest BCUT2D eigenvalue weighted by molar-refractivity contribution is 0.0956. The lowest BCUT2D eigenvalue weighted by Gasteiger charge is -2.27. The van der Waals surface area contributed by atoms with E-state index >= 15 is 0 Å². The molecule has 0 bridgehead atoms. The molecule has 0 spiro atoms. The molecule has 3 heteroatoms. The third kappa shape index (κ3) is 3.09. The minimum Gasteiger partial charge on any atom is -0.378 e. The van der Waals surface area contributed by atoms with E-state index < -0.39 is 0 Å². The first-order valence-corrected chi connectivity index (χ1v) is 7.12. The Balaban J connectivity index is 2.18. The molecule has 1 heterocycles. The van der Waals surface area contributed by atoms with Crippen molar-refractivity contribution in [2.45, 2.75) is 32.4 Å². The molecule has 1 aromatic carbocycles. The fraction of sp³-hybridized carbons (Fsp3) is 0.571. The molecule has 17 heavy (non-hydrogen) atoms. The van der Waals surface area contributed by atoms with Gasteiger partial charge >= 0.3 is 0 Å². The van der Waals surface area contributed by atoms with E-state index in [-0.39, 0.29) is 0 Å². The van der Waals surface area contributed by atoms with Crippen molar-refractivity contribution in [1.82, 2.24) is 5.32 Å². The van der Waals surface area contributed by atoms with Crippen molar-refractivity contribution in [1.29, 1.82) is 0 Å². The van der Waals surface area contributed by atoms with Crippen LogP contribution in [-0.2, 0) is 4.74 Å². The van der Waals surface area contributed by atoms with Gasteiger partial charge in [0.1, 0.15) is 0 Å². The van der Waals surface area contributed by atoms with Crippen LogP contribution in [0.1, 0.15) is 31.9 Å². The average molecular weight is 298 g/mol. The molecule has 1 aromatic rings. The van der Waals surface area contributed by atoms with Crippen LogP contribution < -0.4 is 5.32 Å². The van der Waals surface area contributed by atoms with Gasteiger partial charge < -0.3 is 10.1 Å². The molecule has 2 rings (SSSR count). The quantitative estimate of drug-likeness (QED) is 0.918. The molecule has 0 aliphatic carbocycles. The molecule has 2 nitrogen and oxygen atoms in total. The van der Waals surface area contributed by atoms with Gasteiger partial charge in [-0.2, -0.15) is 0 Å². The number of ether oxygens (including phenoxy) is 1. The molecule has 0 amide bonds. The molecular formula is C14H20BrNO. The molecule has 0 aromatic heterocycles. The monoisotopic (exact) mass is 297 g/mol.